The molecular formula is C16H32N2O2. The second-order valence-corrected chi connectivity index (χ2v) is 7.41. The highest BCUT2D eigenvalue weighted by atomic mass is 16.5. The summed E-state index contributed by atoms with van der Waals surface area (Å²) < 4.78 is 5.35. The SMILES string of the molecule is CC1CCCC(CN)(CN(C)CC2(O)CCOCC2)C1. The molecule has 4 nitrogen and oxygen atoms in total. The van der Waals surface area contributed by atoms with E-state index in [4.69, 9.17) is 10.5 Å². The highest BCUT2D eigenvalue weighted by Gasteiger charge is 2.37. The molecule has 0 aromatic rings. The van der Waals surface area contributed by atoms with E-state index < -0.39 is 5.60 Å². The number of rotatable bonds is 5. The summed E-state index contributed by atoms with van der Waals surface area (Å²) in [5.41, 5.74) is 5.80. The number of hydrogen-bond donors (Lipinski definition) is 2. The third-order valence-corrected chi connectivity index (χ3v) is 5.21. The number of nitrogens with zero attached hydrogens (tertiary/aromatic N) is 1. The molecule has 118 valence electrons. The van der Waals surface area contributed by atoms with E-state index in [1.165, 1.54) is 25.7 Å². The molecule has 1 heterocycles. The summed E-state index contributed by atoms with van der Waals surface area (Å²) in [4.78, 5) is 2.30. The summed E-state index contributed by atoms with van der Waals surface area (Å²) in [6.07, 6.45) is 6.61. The van der Waals surface area contributed by atoms with Crippen LogP contribution in [0.4, 0.5) is 0 Å². The summed E-state index contributed by atoms with van der Waals surface area (Å²) in [5.74, 6) is 0.784. The van der Waals surface area contributed by atoms with Crippen molar-refractivity contribution in [2.45, 2.75) is 51.0 Å². The van der Waals surface area contributed by atoms with Crippen LogP contribution in [0.1, 0.15) is 45.4 Å². The first-order valence-corrected chi connectivity index (χ1v) is 8.16. The summed E-state index contributed by atoms with van der Waals surface area (Å²) in [6, 6.07) is 0. The molecule has 0 amide bonds. The monoisotopic (exact) mass is 284 g/mol. The average Bonchev–Trinajstić information content (AvgIpc) is 2.38. The van der Waals surface area contributed by atoms with Gasteiger partial charge in [-0.2, -0.15) is 0 Å². The maximum atomic E-state index is 10.6. The lowest BCUT2D eigenvalue weighted by atomic mass is 9.69. The summed E-state index contributed by atoms with van der Waals surface area (Å²) >= 11 is 0. The number of hydrogen-bond acceptors (Lipinski definition) is 4. The standard InChI is InChI=1S/C16H32N2O2/c1-14-4-3-5-15(10-14,11-17)12-18(2)13-16(19)6-8-20-9-7-16/h14,19H,3-13,17H2,1-2H3. The van der Waals surface area contributed by atoms with Crippen LogP contribution in [0.15, 0.2) is 0 Å². The Bertz CT molecular complexity index is 305. The van der Waals surface area contributed by atoms with Crippen molar-refractivity contribution in [3.05, 3.63) is 0 Å². The molecule has 2 aliphatic rings. The fourth-order valence-electron chi connectivity index (χ4n) is 4.20. The number of aliphatic hydroxyl groups is 1. The topological polar surface area (TPSA) is 58.7 Å². The molecule has 2 unspecified atom stereocenters. The number of nitrogens with two attached hydrogens (primary N) is 1. The summed E-state index contributed by atoms with van der Waals surface area (Å²) in [5, 5.41) is 10.6. The van der Waals surface area contributed by atoms with Gasteiger partial charge in [-0.1, -0.05) is 19.8 Å². The van der Waals surface area contributed by atoms with E-state index in [1.807, 2.05) is 0 Å². The van der Waals surface area contributed by atoms with E-state index in [-0.39, 0.29) is 5.41 Å². The van der Waals surface area contributed by atoms with Crippen molar-refractivity contribution < 1.29 is 9.84 Å². The van der Waals surface area contributed by atoms with Gasteiger partial charge in [0.1, 0.15) is 0 Å². The Balaban J connectivity index is 1.90. The first-order chi connectivity index (χ1) is 9.47. The normalized spacial score (nSPS) is 34.4. The summed E-state index contributed by atoms with van der Waals surface area (Å²) in [6.45, 7) is 6.23. The molecule has 0 aromatic heterocycles. The molecule has 20 heavy (non-hydrogen) atoms. The van der Waals surface area contributed by atoms with E-state index >= 15 is 0 Å². The zero-order valence-electron chi connectivity index (χ0n) is 13.2. The van der Waals surface area contributed by atoms with Crippen LogP contribution in [0.3, 0.4) is 0 Å². The van der Waals surface area contributed by atoms with Gasteiger partial charge >= 0.3 is 0 Å². The van der Waals surface area contributed by atoms with Crippen molar-refractivity contribution in [2.75, 3.05) is 39.9 Å². The largest absolute Gasteiger partial charge is 0.388 e. The van der Waals surface area contributed by atoms with Crippen LogP contribution in [0.5, 0.6) is 0 Å². The second kappa shape index (κ2) is 6.73. The van der Waals surface area contributed by atoms with Crippen LogP contribution in [-0.2, 0) is 4.74 Å². The van der Waals surface area contributed by atoms with Crippen LogP contribution in [0, 0.1) is 11.3 Å². The van der Waals surface area contributed by atoms with Gasteiger partial charge in [0.25, 0.3) is 0 Å². The van der Waals surface area contributed by atoms with Gasteiger partial charge in [0.15, 0.2) is 0 Å². The minimum Gasteiger partial charge on any atom is -0.388 e. The molecule has 1 aliphatic heterocycles. The molecule has 3 N–H and O–H groups in total. The fraction of sp³-hybridized carbons (Fsp3) is 1.00. The van der Waals surface area contributed by atoms with Gasteiger partial charge in [-0.3, -0.25) is 0 Å². The first-order valence-electron chi connectivity index (χ1n) is 8.16. The van der Waals surface area contributed by atoms with Gasteiger partial charge in [0.05, 0.1) is 5.60 Å². The molecular weight excluding hydrogens is 252 g/mol. The van der Waals surface area contributed by atoms with Crippen LogP contribution in [-0.4, -0.2) is 55.5 Å². The van der Waals surface area contributed by atoms with E-state index in [0.717, 1.165) is 38.4 Å². The lowest BCUT2D eigenvalue weighted by molar-refractivity contribution is -0.0816. The molecule has 0 spiro atoms. The van der Waals surface area contributed by atoms with E-state index in [2.05, 4.69) is 18.9 Å². The minimum atomic E-state index is -0.566. The Morgan fingerprint density at radius 2 is 1.95 bits per heavy atom. The Hall–Kier alpha value is -0.160. The Morgan fingerprint density at radius 3 is 2.55 bits per heavy atom. The Morgan fingerprint density at radius 1 is 1.25 bits per heavy atom. The Labute approximate surface area is 123 Å². The van der Waals surface area contributed by atoms with E-state index in [0.29, 0.717) is 13.2 Å². The van der Waals surface area contributed by atoms with Gasteiger partial charge in [-0.15, -0.1) is 0 Å². The Kier molecular flexibility index (Phi) is 5.46. The smallest absolute Gasteiger partial charge is 0.0817 e. The predicted octanol–water partition coefficient (Wildman–Crippen LogP) is 1.61. The van der Waals surface area contributed by atoms with Gasteiger partial charge in [-0.05, 0) is 37.8 Å². The molecule has 4 heteroatoms. The predicted molar refractivity (Wildman–Crippen MR) is 81.6 cm³/mol. The maximum absolute atomic E-state index is 10.6. The maximum Gasteiger partial charge on any atom is 0.0817 e. The highest BCUT2D eigenvalue weighted by Crippen LogP contribution is 2.39. The molecule has 0 radical (unpaired) electrons. The van der Waals surface area contributed by atoms with Crippen molar-refractivity contribution in [3.63, 3.8) is 0 Å². The van der Waals surface area contributed by atoms with Crippen LogP contribution >= 0.6 is 0 Å². The highest BCUT2D eigenvalue weighted by molar-refractivity contribution is 4.91. The minimum absolute atomic E-state index is 0.258. The van der Waals surface area contributed by atoms with Crippen LogP contribution in [0.25, 0.3) is 0 Å². The van der Waals surface area contributed by atoms with E-state index in [9.17, 15) is 5.11 Å². The van der Waals surface area contributed by atoms with Crippen molar-refractivity contribution in [1.29, 1.82) is 0 Å². The zero-order valence-corrected chi connectivity index (χ0v) is 13.2. The van der Waals surface area contributed by atoms with Crippen molar-refractivity contribution in [2.24, 2.45) is 17.1 Å². The number of ether oxygens (including phenoxy) is 1. The lowest BCUT2D eigenvalue weighted by Gasteiger charge is -2.44. The van der Waals surface area contributed by atoms with Crippen molar-refractivity contribution >= 4 is 0 Å². The van der Waals surface area contributed by atoms with Gasteiger partial charge in [0, 0.05) is 39.1 Å². The third-order valence-electron chi connectivity index (χ3n) is 5.21. The molecule has 1 saturated heterocycles. The summed E-state index contributed by atoms with van der Waals surface area (Å²) in [7, 11) is 2.13. The third kappa shape index (κ3) is 4.17. The van der Waals surface area contributed by atoms with Gasteiger partial charge < -0.3 is 20.5 Å². The molecule has 2 fully saturated rings. The van der Waals surface area contributed by atoms with E-state index in [1.54, 1.807) is 0 Å². The lowest BCUT2D eigenvalue weighted by Crippen LogP contribution is -2.50. The fourth-order valence-corrected chi connectivity index (χ4v) is 4.20. The first kappa shape index (κ1) is 16.2. The van der Waals surface area contributed by atoms with Gasteiger partial charge in [0.2, 0.25) is 0 Å². The number of likely N-dealkylation sites (N-methyl/N-ethyl adjacent to an activating group) is 1. The molecule has 1 aliphatic carbocycles. The van der Waals surface area contributed by atoms with Crippen LogP contribution < -0.4 is 5.73 Å². The molecule has 2 rings (SSSR count). The average molecular weight is 284 g/mol. The van der Waals surface area contributed by atoms with Crippen LogP contribution in [0.2, 0.25) is 0 Å². The van der Waals surface area contributed by atoms with Crippen molar-refractivity contribution in [3.8, 4) is 0 Å². The molecule has 1 saturated carbocycles. The van der Waals surface area contributed by atoms with Gasteiger partial charge in [-0.25, -0.2) is 0 Å². The molecule has 0 aromatic carbocycles. The second-order valence-electron chi connectivity index (χ2n) is 7.41. The quantitative estimate of drug-likeness (QED) is 0.805. The van der Waals surface area contributed by atoms with Crippen molar-refractivity contribution in [1.82, 2.24) is 4.90 Å². The molecule has 0 bridgehead atoms. The molecule has 2 atom stereocenters. The zero-order chi connectivity index (χ0) is 14.6.